The standard InChI is InChI=1S/C20H19N3O/c21-19(13-15-5-2-1-3-6-15)20(24)23-18-8-4-7-17(14-18)16-9-11-22-12-10-16/h1-12,14,19H,13,21H2,(H,23,24). The van der Waals surface area contributed by atoms with Gasteiger partial charge in [-0.15, -0.1) is 0 Å². The molecule has 4 nitrogen and oxygen atoms in total. The number of carbonyl (C=O) groups excluding carboxylic acids is 1. The average Bonchev–Trinajstić information content (AvgIpc) is 2.63. The van der Waals surface area contributed by atoms with Crippen LogP contribution < -0.4 is 11.1 Å². The number of amides is 1. The number of rotatable bonds is 5. The third-order valence-corrected chi connectivity index (χ3v) is 3.78. The third-order valence-electron chi connectivity index (χ3n) is 3.78. The molecule has 0 aliphatic heterocycles. The molecule has 0 bridgehead atoms. The minimum absolute atomic E-state index is 0.189. The van der Waals surface area contributed by atoms with E-state index in [1.165, 1.54) is 0 Å². The first-order valence-corrected chi connectivity index (χ1v) is 7.83. The van der Waals surface area contributed by atoms with Gasteiger partial charge in [-0.05, 0) is 47.4 Å². The van der Waals surface area contributed by atoms with Gasteiger partial charge in [0.1, 0.15) is 0 Å². The lowest BCUT2D eigenvalue weighted by molar-refractivity contribution is -0.117. The van der Waals surface area contributed by atoms with Crippen LogP contribution >= 0.6 is 0 Å². The highest BCUT2D eigenvalue weighted by atomic mass is 16.2. The van der Waals surface area contributed by atoms with Crippen LogP contribution in [0.2, 0.25) is 0 Å². The fourth-order valence-electron chi connectivity index (χ4n) is 2.52. The molecule has 3 rings (SSSR count). The topological polar surface area (TPSA) is 68.0 Å². The lowest BCUT2D eigenvalue weighted by atomic mass is 10.0. The van der Waals surface area contributed by atoms with Crippen molar-refractivity contribution in [3.63, 3.8) is 0 Å². The molecule has 1 heterocycles. The maximum absolute atomic E-state index is 12.3. The molecule has 4 heteroatoms. The second-order valence-electron chi connectivity index (χ2n) is 5.60. The first kappa shape index (κ1) is 15.9. The summed E-state index contributed by atoms with van der Waals surface area (Å²) in [5, 5.41) is 2.89. The van der Waals surface area contributed by atoms with Gasteiger partial charge < -0.3 is 11.1 Å². The summed E-state index contributed by atoms with van der Waals surface area (Å²) in [5.41, 5.74) is 9.88. The zero-order valence-corrected chi connectivity index (χ0v) is 13.2. The predicted octanol–water partition coefficient (Wildman–Crippen LogP) is 3.26. The van der Waals surface area contributed by atoms with Gasteiger partial charge >= 0.3 is 0 Å². The highest BCUT2D eigenvalue weighted by Gasteiger charge is 2.14. The Hall–Kier alpha value is -2.98. The fraction of sp³-hybridized carbons (Fsp3) is 0.100. The molecule has 1 aromatic heterocycles. The van der Waals surface area contributed by atoms with E-state index in [2.05, 4.69) is 10.3 Å². The monoisotopic (exact) mass is 317 g/mol. The van der Waals surface area contributed by atoms with E-state index in [9.17, 15) is 4.79 Å². The van der Waals surface area contributed by atoms with Crippen molar-refractivity contribution in [3.05, 3.63) is 84.7 Å². The molecular formula is C20H19N3O. The summed E-state index contributed by atoms with van der Waals surface area (Å²) in [6, 6.07) is 20.7. The van der Waals surface area contributed by atoms with E-state index in [-0.39, 0.29) is 5.91 Å². The van der Waals surface area contributed by atoms with Gasteiger partial charge in [0, 0.05) is 18.1 Å². The number of carbonyl (C=O) groups is 1. The number of nitrogens with zero attached hydrogens (tertiary/aromatic N) is 1. The van der Waals surface area contributed by atoms with Crippen molar-refractivity contribution in [2.75, 3.05) is 5.32 Å². The highest BCUT2D eigenvalue weighted by molar-refractivity contribution is 5.95. The molecule has 0 saturated heterocycles. The Kier molecular flexibility index (Phi) is 4.99. The summed E-state index contributed by atoms with van der Waals surface area (Å²) in [4.78, 5) is 16.3. The molecule has 0 radical (unpaired) electrons. The van der Waals surface area contributed by atoms with Crippen molar-refractivity contribution in [3.8, 4) is 11.1 Å². The van der Waals surface area contributed by atoms with Gasteiger partial charge in [-0.2, -0.15) is 0 Å². The van der Waals surface area contributed by atoms with Crippen LogP contribution in [0, 0.1) is 0 Å². The average molecular weight is 317 g/mol. The molecule has 24 heavy (non-hydrogen) atoms. The van der Waals surface area contributed by atoms with Gasteiger partial charge in [0.2, 0.25) is 5.91 Å². The van der Waals surface area contributed by atoms with Crippen LogP contribution in [0.15, 0.2) is 79.1 Å². The van der Waals surface area contributed by atoms with Gasteiger partial charge in [-0.3, -0.25) is 9.78 Å². The summed E-state index contributed by atoms with van der Waals surface area (Å²) in [5.74, 6) is -0.189. The van der Waals surface area contributed by atoms with Crippen molar-refractivity contribution >= 4 is 11.6 Å². The smallest absolute Gasteiger partial charge is 0.241 e. The first-order valence-electron chi connectivity index (χ1n) is 7.83. The highest BCUT2D eigenvalue weighted by Crippen LogP contribution is 2.22. The van der Waals surface area contributed by atoms with E-state index in [4.69, 9.17) is 5.73 Å². The number of nitrogens with two attached hydrogens (primary N) is 1. The molecule has 3 aromatic rings. The van der Waals surface area contributed by atoms with Crippen LogP contribution in [0.5, 0.6) is 0 Å². The molecular weight excluding hydrogens is 298 g/mol. The van der Waals surface area contributed by atoms with Gasteiger partial charge in [-0.1, -0.05) is 42.5 Å². The van der Waals surface area contributed by atoms with Crippen LogP contribution in [0.1, 0.15) is 5.56 Å². The van der Waals surface area contributed by atoms with Gasteiger partial charge in [-0.25, -0.2) is 0 Å². The number of benzene rings is 2. The Labute approximate surface area is 141 Å². The second kappa shape index (κ2) is 7.53. The Morgan fingerprint density at radius 3 is 2.46 bits per heavy atom. The molecule has 0 aliphatic carbocycles. The van der Waals surface area contributed by atoms with Crippen LogP contribution in [-0.2, 0) is 11.2 Å². The maximum Gasteiger partial charge on any atom is 0.241 e. The van der Waals surface area contributed by atoms with Crippen LogP contribution in [0.4, 0.5) is 5.69 Å². The molecule has 0 fully saturated rings. The van der Waals surface area contributed by atoms with Crippen molar-refractivity contribution in [1.82, 2.24) is 4.98 Å². The minimum Gasteiger partial charge on any atom is -0.325 e. The van der Waals surface area contributed by atoms with Gasteiger partial charge in [0.05, 0.1) is 6.04 Å². The second-order valence-corrected chi connectivity index (χ2v) is 5.60. The Morgan fingerprint density at radius 2 is 1.71 bits per heavy atom. The van der Waals surface area contributed by atoms with E-state index in [0.717, 1.165) is 22.4 Å². The number of hydrogen-bond donors (Lipinski definition) is 2. The molecule has 0 aliphatic rings. The van der Waals surface area contributed by atoms with Gasteiger partial charge in [0.15, 0.2) is 0 Å². The zero-order chi connectivity index (χ0) is 16.8. The zero-order valence-electron chi connectivity index (χ0n) is 13.2. The molecule has 1 atom stereocenters. The lowest BCUT2D eigenvalue weighted by Gasteiger charge is -2.13. The van der Waals surface area contributed by atoms with E-state index < -0.39 is 6.04 Å². The van der Waals surface area contributed by atoms with Crippen molar-refractivity contribution in [1.29, 1.82) is 0 Å². The number of pyridine rings is 1. The van der Waals surface area contributed by atoms with Crippen LogP contribution in [0.3, 0.4) is 0 Å². The summed E-state index contributed by atoms with van der Waals surface area (Å²) in [7, 11) is 0. The molecule has 2 aromatic carbocycles. The van der Waals surface area contributed by atoms with Crippen LogP contribution in [-0.4, -0.2) is 16.9 Å². The Balaban J connectivity index is 1.68. The van der Waals surface area contributed by atoms with Gasteiger partial charge in [0.25, 0.3) is 0 Å². The van der Waals surface area contributed by atoms with Crippen molar-refractivity contribution in [2.45, 2.75) is 12.5 Å². The predicted molar refractivity (Wildman–Crippen MR) is 96.4 cm³/mol. The minimum atomic E-state index is -0.586. The van der Waals surface area contributed by atoms with Crippen molar-refractivity contribution in [2.24, 2.45) is 5.73 Å². The summed E-state index contributed by atoms with van der Waals surface area (Å²) in [6.45, 7) is 0. The molecule has 120 valence electrons. The quantitative estimate of drug-likeness (QED) is 0.759. The number of nitrogens with one attached hydrogen (secondary N) is 1. The molecule has 0 spiro atoms. The fourth-order valence-corrected chi connectivity index (χ4v) is 2.52. The Morgan fingerprint density at radius 1 is 0.958 bits per heavy atom. The van der Waals surface area contributed by atoms with Crippen LogP contribution in [0.25, 0.3) is 11.1 Å². The molecule has 1 unspecified atom stereocenters. The SMILES string of the molecule is NC(Cc1ccccc1)C(=O)Nc1cccc(-c2ccncc2)c1. The van der Waals surface area contributed by atoms with Crippen molar-refractivity contribution < 1.29 is 4.79 Å². The number of anilines is 1. The number of hydrogen-bond acceptors (Lipinski definition) is 3. The van der Waals surface area contributed by atoms with E-state index in [1.54, 1.807) is 12.4 Å². The summed E-state index contributed by atoms with van der Waals surface area (Å²) in [6.07, 6.45) is 4.00. The molecule has 3 N–H and O–H groups in total. The molecule has 1 amide bonds. The number of aromatic nitrogens is 1. The third kappa shape index (κ3) is 4.06. The normalized spacial score (nSPS) is 11.7. The lowest BCUT2D eigenvalue weighted by Crippen LogP contribution is -2.37. The molecule has 0 saturated carbocycles. The Bertz CT molecular complexity index is 803. The largest absolute Gasteiger partial charge is 0.325 e. The summed E-state index contributed by atoms with van der Waals surface area (Å²) >= 11 is 0. The maximum atomic E-state index is 12.3. The van der Waals surface area contributed by atoms with E-state index >= 15 is 0 Å². The van der Waals surface area contributed by atoms with E-state index in [0.29, 0.717) is 6.42 Å². The first-order chi connectivity index (χ1) is 11.7. The van der Waals surface area contributed by atoms with E-state index in [1.807, 2.05) is 66.7 Å². The summed E-state index contributed by atoms with van der Waals surface area (Å²) < 4.78 is 0.